The summed E-state index contributed by atoms with van der Waals surface area (Å²) >= 11 is 3.43. The fourth-order valence-electron chi connectivity index (χ4n) is 5.36. The molecule has 146 valence electrons. The number of benzene rings is 2. The normalized spacial score (nSPS) is 34.0. The molecule has 4 aliphatic heterocycles. The zero-order chi connectivity index (χ0) is 19.7. The van der Waals surface area contributed by atoms with Crippen molar-refractivity contribution < 1.29 is 19.1 Å². The number of nitrogens with zero attached hydrogens (tertiary/aromatic N) is 1. The molecule has 0 aromatic heterocycles. The van der Waals surface area contributed by atoms with E-state index in [1.54, 1.807) is 0 Å². The third kappa shape index (κ3) is 2.46. The molecule has 0 amide bonds. The van der Waals surface area contributed by atoms with Crippen molar-refractivity contribution in [2.24, 2.45) is 11.8 Å². The first-order valence-corrected chi connectivity index (χ1v) is 10.6. The number of ketones is 2. The molecule has 6 atom stereocenters. The molecule has 0 aliphatic carbocycles. The third-order valence-electron chi connectivity index (χ3n) is 6.55. The zero-order valence-electron chi connectivity index (χ0n) is 15.4. The van der Waals surface area contributed by atoms with Crippen LogP contribution in [0.2, 0.25) is 0 Å². The first kappa shape index (κ1) is 17.6. The van der Waals surface area contributed by atoms with Crippen molar-refractivity contribution in [3.05, 3.63) is 70.2 Å². The van der Waals surface area contributed by atoms with E-state index in [4.69, 9.17) is 9.47 Å². The summed E-state index contributed by atoms with van der Waals surface area (Å²) in [5.74, 6) is -0.579. The Balaban J connectivity index is 1.52. The maximum Gasteiger partial charge on any atom is 0.218 e. The molecule has 5 nitrogen and oxygen atoms in total. The average molecular weight is 452 g/mol. The predicted molar refractivity (Wildman–Crippen MR) is 111 cm³/mol. The summed E-state index contributed by atoms with van der Waals surface area (Å²) < 4.78 is 12.4. The van der Waals surface area contributed by atoms with Crippen molar-refractivity contribution in [3.63, 3.8) is 0 Å². The maximum absolute atomic E-state index is 13.8. The minimum atomic E-state index is -0.796. The second-order valence-electron chi connectivity index (χ2n) is 7.98. The van der Waals surface area contributed by atoms with Crippen LogP contribution < -0.4 is 4.90 Å². The topological polar surface area (TPSA) is 55.8 Å². The molecule has 4 heterocycles. The monoisotopic (exact) mass is 451 g/mol. The van der Waals surface area contributed by atoms with Gasteiger partial charge in [-0.2, -0.15) is 0 Å². The summed E-state index contributed by atoms with van der Waals surface area (Å²) in [7, 11) is 0. The zero-order valence-corrected chi connectivity index (χ0v) is 17.0. The van der Waals surface area contributed by atoms with E-state index in [2.05, 4.69) is 33.0 Å². The number of para-hydroxylation sites is 1. The van der Waals surface area contributed by atoms with Crippen LogP contribution >= 0.6 is 15.9 Å². The highest BCUT2D eigenvalue weighted by molar-refractivity contribution is 9.10. The number of carbonyl (C=O) groups excluding carboxylic acids is 2. The molecule has 0 unspecified atom stereocenters. The fraction of sp³-hybridized carbons (Fsp3) is 0.304. The van der Waals surface area contributed by atoms with Crippen LogP contribution in [0.15, 0.2) is 59.1 Å². The number of hydrogen-bond acceptors (Lipinski definition) is 5. The minimum absolute atomic E-state index is 0.0156. The first-order chi connectivity index (χ1) is 14.1. The number of halogens is 1. The molecular formula is C23H18BrNO4. The van der Waals surface area contributed by atoms with E-state index >= 15 is 0 Å². The van der Waals surface area contributed by atoms with Crippen LogP contribution in [-0.2, 0) is 14.3 Å². The van der Waals surface area contributed by atoms with Crippen LogP contribution in [0, 0.1) is 11.8 Å². The van der Waals surface area contributed by atoms with E-state index in [-0.39, 0.29) is 35.5 Å². The minimum Gasteiger partial charge on any atom is -0.353 e. The highest BCUT2D eigenvalue weighted by Gasteiger charge is 2.63. The molecule has 6 heteroatoms. The molecule has 2 aromatic rings. The van der Waals surface area contributed by atoms with Crippen molar-refractivity contribution >= 4 is 39.3 Å². The van der Waals surface area contributed by atoms with Gasteiger partial charge in [0.05, 0.1) is 30.7 Å². The molecule has 3 fully saturated rings. The molecule has 6 rings (SSSR count). The van der Waals surface area contributed by atoms with Gasteiger partial charge in [-0.05, 0) is 23.8 Å². The van der Waals surface area contributed by atoms with E-state index in [0.717, 1.165) is 15.7 Å². The first-order valence-electron chi connectivity index (χ1n) is 9.79. The molecule has 4 aliphatic rings. The van der Waals surface area contributed by atoms with E-state index in [1.807, 2.05) is 48.5 Å². The summed E-state index contributed by atoms with van der Waals surface area (Å²) in [5.41, 5.74) is 2.69. The van der Waals surface area contributed by atoms with Gasteiger partial charge in [0.2, 0.25) is 6.29 Å². The quantitative estimate of drug-likeness (QED) is 0.654. The van der Waals surface area contributed by atoms with Crippen LogP contribution in [0.5, 0.6) is 0 Å². The summed E-state index contributed by atoms with van der Waals surface area (Å²) in [6.45, 7) is 0.355. The van der Waals surface area contributed by atoms with Crippen molar-refractivity contribution in [2.45, 2.75) is 24.5 Å². The predicted octanol–water partition coefficient (Wildman–Crippen LogP) is 3.47. The van der Waals surface area contributed by atoms with Crippen LogP contribution in [0.3, 0.4) is 0 Å². The molecule has 0 spiro atoms. The lowest BCUT2D eigenvalue weighted by molar-refractivity contribution is -0.163. The van der Waals surface area contributed by atoms with Crippen molar-refractivity contribution in [2.75, 3.05) is 11.5 Å². The lowest BCUT2D eigenvalue weighted by Gasteiger charge is -2.35. The highest BCUT2D eigenvalue weighted by Crippen LogP contribution is 2.50. The SMILES string of the molecule is O=C1[C@H]2OC[C@H](O2)[C@@H]2[C@H]1[C@H]1C=Cc3ccccc3N1[C@@H]2C(=O)c1ccc(Br)cc1. The molecule has 2 bridgehead atoms. The number of fused-ring (bicyclic) bond motifs is 8. The summed E-state index contributed by atoms with van der Waals surface area (Å²) in [6, 6.07) is 14.8. The van der Waals surface area contributed by atoms with Gasteiger partial charge in [0.1, 0.15) is 0 Å². The molecule has 29 heavy (non-hydrogen) atoms. The Morgan fingerprint density at radius 2 is 1.90 bits per heavy atom. The molecule has 3 saturated heterocycles. The molecular weight excluding hydrogens is 434 g/mol. The maximum atomic E-state index is 13.8. The van der Waals surface area contributed by atoms with Crippen LogP contribution in [0.25, 0.3) is 6.08 Å². The van der Waals surface area contributed by atoms with Gasteiger partial charge in [0.15, 0.2) is 11.6 Å². The summed E-state index contributed by atoms with van der Waals surface area (Å²) in [6.07, 6.45) is 3.08. The van der Waals surface area contributed by atoms with Gasteiger partial charge in [-0.1, -0.05) is 58.4 Å². The molecule has 0 N–H and O–H groups in total. The molecule has 0 saturated carbocycles. The lowest BCUT2D eigenvalue weighted by Crippen LogP contribution is -2.48. The van der Waals surface area contributed by atoms with Gasteiger partial charge >= 0.3 is 0 Å². The number of anilines is 1. The number of Topliss-reactive ketones (excluding diaryl/α,β-unsaturated/α-hetero) is 2. The Kier molecular flexibility index (Phi) is 3.85. The lowest BCUT2D eigenvalue weighted by atomic mass is 9.77. The number of carbonyl (C=O) groups is 2. The van der Waals surface area contributed by atoms with Gasteiger partial charge in [-0.3, -0.25) is 9.59 Å². The van der Waals surface area contributed by atoms with Crippen LogP contribution in [0.1, 0.15) is 15.9 Å². The Morgan fingerprint density at radius 3 is 2.72 bits per heavy atom. The Labute approximate surface area is 176 Å². The van der Waals surface area contributed by atoms with Crippen molar-refractivity contribution in [1.29, 1.82) is 0 Å². The Hall–Kier alpha value is -2.28. The third-order valence-corrected chi connectivity index (χ3v) is 7.08. The van der Waals surface area contributed by atoms with E-state index < -0.39 is 12.3 Å². The van der Waals surface area contributed by atoms with Gasteiger partial charge in [0.25, 0.3) is 0 Å². The second kappa shape index (κ2) is 6.36. The summed E-state index contributed by atoms with van der Waals surface area (Å²) in [5, 5.41) is 0. The Bertz CT molecular complexity index is 1050. The Morgan fingerprint density at radius 1 is 1.10 bits per heavy atom. The second-order valence-corrected chi connectivity index (χ2v) is 8.89. The van der Waals surface area contributed by atoms with E-state index in [9.17, 15) is 9.59 Å². The van der Waals surface area contributed by atoms with E-state index in [1.165, 1.54) is 0 Å². The van der Waals surface area contributed by atoms with Crippen molar-refractivity contribution in [3.8, 4) is 0 Å². The number of hydrogen-bond donors (Lipinski definition) is 0. The van der Waals surface area contributed by atoms with Gasteiger partial charge in [0, 0.05) is 21.6 Å². The van der Waals surface area contributed by atoms with Crippen molar-refractivity contribution in [1.82, 2.24) is 0 Å². The van der Waals surface area contributed by atoms with Gasteiger partial charge in [-0.15, -0.1) is 0 Å². The summed E-state index contributed by atoms with van der Waals surface area (Å²) in [4.78, 5) is 29.1. The van der Waals surface area contributed by atoms with Crippen LogP contribution in [0.4, 0.5) is 5.69 Å². The number of ether oxygens (including phenoxy) is 2. The highest BCUT2D eigenvalue weighted by atomic mass is 79.9. The largest absolute Gasteiger partial charge is 0.353 e. The van der Waals surface area contributed by atoms with Crippen LogP contribution in [-0.4, -0.2) is 42.7 Å². The molecule has 2 aromatic carbocycles. The average Bonchev–Trinajstić information content (AvgIpc) is 3.33. The van der Waals surface area contributed by atoms with Gasteiger partial charge in [-0.25, -0.2) is 0 Å². The van der Waals surface area contributed by atoms with E-state index in [0.29, 0.717) is 12.2 Å². The smallest absolute Gasteiger partial charge is 0.218 e. The standard InChI is InChI=1S/C23H18BrNO4/c24-14-8-5-13(6-9-14)21(26)20-19-17-11-28-23(29-17)22(27)18(19)16-10-7-12-3-1-2-4-15(12)25(16)20/h1-10,16-20,23H,11H2/t16-,17+,18-,19-,20+,23+/m1/s1. The van der Waals surface area contributed by atoms with Gasteiger partial charge < -0.3 is 14.4 Å². The molecule has 0 radical (unpaired) electrons. The number of rotatable bonds is 2. The fourth-order valence-corrected chi connectivity index (χ4v) is 5.63.